The second-order valence-electron chi connectivity index (χ2n) is 6.59. The summed E-state index contributed by atoms with van der Waals surface area (Å²) in [6.07, 6.45) is 0.0310. The van der Waals surface area contributed by atoms with Gasteiger partial charge in [-0.3, -0.25) is 14.4 Å². The Bertz CT molecular complexity index is 900. The lowest BCUT2D eigenvalue weighted by Gasteiger charge is -2.19. The van der Waals surface area contributed by atoms with Crippen molar-refractivity contribution in [2.75, 3.05) is 25.2 Å². The van der Waals surface area contributed by atoms with Gasteiger partial charge in [-0.25, -0.2) is 0 Å². The maximum atomic E-state index is 12.4. The Hall–Kier alpha value is -3.06. The van der Waals surface area contributed by atoms with E-state index in [2.05, 4.69) is 5.32 Å². The first-order chi connectivity index (χ1) is 14.0. The van der Waals surface area contributed by atoms with Crippen molar-refractivity contribution in [1.29, 1.82) is 0 Å². The number of hydrogen-bond acceptors (Lipinski definition) is 5. The predicted molar refractivity (Wildman–Crippen MR) is 108 cm³/mol. The van der Waals surface area contributed by atoms with Gasteiger partial charge in [0.25, 0.3) is 5.91 Å². The normalized spacial score (nSPS) is 15.9. The highest BCUT2D eigenvalue weighted by Crippen LogP contribution is 2.33. The first-order valence-corrected chi connectivity index (χ1v) is 9.47. The Balaban J connectivity index is 1.49. The van der Waals surface area contributed by atoms with E-state index in [1.165, 1.54) is 12.0 Å². The van der Waals surface area contributed by atoms with Gasteiger partial charge in [-0.05, 0) is 29.8 Å². The van der Waals surface area contributed by atoms with Crippen LogP contribution in [-0.4, -0.2) is 38.0 Å². The molecule has 7 nitrogen and oxygen atoms in total. The third kappa shape index (κ3) is 5.26. The highest BCUT2D eigenvalue weighted by atomic mass is 35.5. The van der Waals surface area contributed by atoms with Crippen LogP contribution in [0.25, 0.3) is 0 Å². The molecule has 2 aromatic rings. The minimum absolute atomic E-state index is 0.0310. The van der Waals surface area contributed by atoms with Crippen LogP contribution in [0.15, 0.2) is 48.5 Å². The number of rotatable bonds is 7. The molecule has 0 saturated carbocycles. The lowest BCUT2D eigenvalue weighted by atomic mass is 10.1. The van der Waals surface area contributed by atoms with Gasteiger partial charge in [0.2, 0.25) is 5.91 Å². The van der Waals surface area contributed by atoms with Crippen LogP contribution in [-0.2, 0) is 25.7 Å². The number of para-hydroxylation sites is 2. The number of benzene rings is 2. The lowest BCUT2D eigenvalue weighted by Crippen LogP contribution is -2.31. The van der Waals surface area contributed by atoms with Crippen LogP contribution in [0.4, 0.5) is 5.69 Å². The third-order valence-electron chi connectivity index (χ3n) is 4.58. The zero-order chi connectivity index (χ0) is 20.8. The number of nitrogens with one attached hydrogen (secondary N) is 1. The SMILES string of the molecule is COc1ccccc1N1C[C@@H](C(=O)OCC(=O)NCc2ccc(Cl)cc2)CC1=O. The quantitative estimate of drug-likeness (QED) is 0.701. The fraction of sp³-hybridized carbons (Fsp3) is 0.286. The predicted octanol–water partition coefficient (Wildman–Crippen LogP) is 2.56. The topological polar surface area (TPSA) is 84.9 Å². The van der Waals surface area contributed by atoms with Crippen molar-refractivity contribution in [3.8, 4) is 5.75 Å². The number of anilines is 1. The van der Waals surface area contributed by atoms with Crippen LogP contribution in [0.2, 0.25) is 5.02 Å². The molecule has 1 N–H and O–H groups in total. The van der Waals surface area contributed by atoms with Gasteiger partial charge in [-0.1, -0.05) is 35.9 Å². The zero-order valence-corrected chi connectivity index (χ0v) is 16.6. The summed E-state index contributed by atoms with van der Waals surface area (Å²) >= 11 is 5.82. The molecule has 2 aromatic carbocycles. The maximum absolute atomic E-state index is 12.4. The highest BCUT2D eigenvalue weighted by Gasteiger charge is 2.37. The van der Waals surface area contributed by atoms with Crippen LogP contribution >= 0.6 is 11.6 Å². The molecule has 8 heteroatoms. The van der Waals surface area contributed by atoms with Crippen molar-refractivity contribution >= 4 is 35.1 Å². The third-order valence-corrected chi connectivity index (χ3v) is 4.83. The van der Waals surface area contributed by atoms with Gasteiger partial charge in [0.1, 0.15) is 5.75 Å². The molecule has 0 spiro atoms. The molecule has 2 amide bonds. The number of amides is 2. The number of carbonyl (C=O) groups is 3. The van der Waals surface area contributed by atoms with Gasteiger partial charge in [-0.2, -0.15) is 0 Å². The number of ether oxygens (including phenoxy) is 2. The monoisotopic (exact) mass is 416 g/mol. The van der Waals surface area contributed by atoms with E-state index in [4.69, 9.17) is 21.1 Å². The van der Waals surface area contributed by atoms with Gasteiger partial charge in [0, 0.05) is 24.5 Å². The molecular formula is C21H21ClN2O5. The smallest absolute Gasteiger partial charge is 0.311 e. The largest absolute Gasteiger partial charge is 0.495 e. The number of nitrogens with zero attached hydrogens (tertiary/aromatic N) is 1. The molecular weight excluding hydrogens is 396 g/mol. The first kappa shape index (κ1) is 20.7. The van der Waals surface area contributed by atoms with E-state index in [1.54, 1.807) is 48.5 Å². The Labute approximate surface area is 173 Å². The Morgan fingerprint density at radius 1 is 1.17 bits per heavy atom. The molecule has 0 aromatic heterocycles. The molecule has 152 valence electrons. The van der Waals surface area contributed by atoms with E-state index in [0.29, 0.717) is 23.0 Å². The van der Waals surface area contributed by atoms with Gasteiger partial charge >= 0.3 is 5.97 Å². The number of esters is 1. The fourth-order valence-corrected chi connectivity index (χ4v) is 3.19. The van der Waals surface area contributed by atoms with E-state index >= 15 is 0 Å². The second kappa shape index (κ2) is 9.43. The average molecular weight is 417 g/mol. The number of halogens is 1. The fourth-order valence-electron chi connectivity index (χ4n) is 3.06. The summed E-state index contributed by atoms with van der Waals surface area (Å²) in [4.78, 5) is 38.1. The molecule has 0 bridgehead atoms. The standard InChI is InChI=1S/C21H21ClN2O5/c1-28-18-5-3-2-4-17(18)24-12-15(10-20(24)26)21(27)29-13-19(25)23-11-14-6-8-16(22)9-7-14/h2-9,15H,10-13H2,1H3,(H,23,25)/t15-/m0/s1. The van der Waals surface area contributed by atoms with E-state index in [9.17, 15) is 14.4 Å². The molecule has 1 atom stereocenters. The van der Waals surface area contributed by atoms with E-state index in [1.807, 2.05) is 0 Å². The minimum atomic E-state index is -0.628. The van der Waals surface area contributed by atoms with Crippen molar-refractivity contribution in [3.63, 3.8) is 0 Å². The van der Waals surface area contributed by atoms with E-state index < -0.39 is 24.4 Å². The van der Waals surface area contributed by atoms with Gasteiger partial charge in [-0.15, -0.1) is 0 Å². The minimum Gasteiger partial charge on any atom is -0.495 e. The van der Waals surface area contributed by atoms with Crippen molar-refractivity contribution in [1.82, 2.24) is 5.32 Å². The Kier molecular flexibility index (Phi) is 6.72. The van der Waals surface area contributed by atoms with Crippen molar-refractivity contribution in [2.45, 2.75) is 13.0 Å². The van der Waals surface area contributed by atoms with E-state index in [-0.39, 0.29) is 18.9 Å². The molecule has 1 saturated heterocycles. The van der Waals surface area contributed by atoms with Crippen LogP contribution in [0.1, 0.15) is 12.0 Å². The number of carbonyl (C=O) groups excluding carboxylic acids is 3. The van der Waals surface area contributed by atoms with Crippen LogP contribution in [0.3, 0.4) is 0 Å². The molecule has 1 aliphatic rings. The highest BCUT2D eigenvalue weighted by molar-refractivity contribution is 6.30. The van der Waals surface area contributed by atoms with Crippen LogP contribution < -0.4 is 15.0 Å². The summed E-state index contributed by atoms with van der Waals surface area (Å²) in [5.41, 5.74) is 1.49. The molecule has 1 fully saturated rings. The van der Waals surface area contributed by atoms with Gasteiger partial charge in [0.15, 0.2) is 6.61 Å². The van der Waals surface area contributed by atoms with E-state index in [0.717, 1.165) is 5.56 Å². The molecule has 0 radical (unpaired) electrons. The van der Waals surface area contributed by atoms with Gasteiger partial charge in [0.05, 0.1) is 18.7 Å². The summed E-state index contributed by atoms with van der Waals surface area (Å²) in [6, 6.07) is 14.2. The van der Waals surface area contributed by atoms with Crippen molar-refractivity contribution in [2.24, 2.45) is 5.92 Å². The number of hydrogen-bond donors (Lipinski definition) is 1. The summed E-state index contributed by atoms with van der Waals surface area (Å²) in [5, 5.41) is 3.28. The summed E-state index contributed by atoms with van der Waals surface area (Å²) in [5.74, 6) is -1.26. The summed E-state index contributed by atoms with van der Waals surface area (Å²) in [6.45, 7) is 0.0905. The lowest BCUT2D eigenvalue weighted by molar-refractivity contribution is -0.152. The molecule has 29 heavy (non-hydrogen) atoms. The van der Waals surface area contributed by atoms with Crippen LogP contribution in [0.5, 0.6) is 5.75 Å². The number of methoxy groups -OCH3 is 1. The maximum Gasteiger partial charge on any atom is 0.311 e. The summed E-state index contributed by atoms with van der Waals surface area (Å²) in [7, 11) is 1.52. The van der Waals surface area contributed by atoms with Gasteiger partial charge < -0.3 is 19.7 Å². The second-order valence-corrected chi connectivity index (χ2v) is 7.02. The Morgan fingerprint density at radius 3 is 2.62 bits per heavy atom. The zero-order valence-electron chi connectivity index (χ0n) is 15.9. The molecule has 1 heterocycles. The molecule has 0 unspecified atom stereocenters. The Morgan fingerprint density at radius 2 is 1.90 bits per heavy atom. The molecule has 1 aliphatic heterocycles. The van der Waals surface area contributed by atoms with Crippen molar-refractivity contribution in [3.05, 3.63) is 59.1 Å². The summed E-state index contributed by atoms with van der Waals surface area (Å²) < 4.78 is 10.4. The van der Waals surface area contributed by atoms with Crippen molar-refractivity contribution < 1.29 is 23.9 Å². The van der Waals surface area contributed by atoms with Crippen LogP contribution in [0, 0.1) is 5.92 Å². The molecule has 0 aliphatic carbocycles. The molecule has 3 rings (SSSR count). The average Bonchev–Trinajstić information content (AvgIpc) is 3.13. The first-order valence-electron chi connectivity index (χ1n) is 9.09.